The number of anilines is 1. The van der Waals surface area contributed by atoms with Crippen LogP contribution in [0.25, 0.3) is 0 Å². The molecular formula is C16H19ClF4N2O3. The smallest absolute Gasteiger partial charge is 0.387 e. The summed E-state index contributed by atoms with van der Waals surface area (Å²) in [6.45, 7) is -4.55. The maximum Gasteiger partial charge on any atom is 0.387 e. The van der Waals surface area contributed by atoms with Gasteiger partial charge < -0.3 is 20.1 Å². The van der Waals surface area contributed by atoms with Gasteiger partial charge >= 0.3 is 13.2 Å². The first-order valence-corrected chi connectivity index (χ1v) is 7.95. The Morgan fingerprint density at radius 3 is 2.42 bits per heavy atom. The minimum atomic E-state index is -3.16. The summed E-state index contributed by atoms with van der Waals surface area (Å²) in [6.07, 6.45) is 2.55. The topological polar surface area (TPSA) is 59.6 Å². The summed E-state index contributed by atoms with van der Waals surface area (Å²) in [5, 5.41) is 5.80. The van der Waals surface area contributed by atoms with Crippen LogP contribution in [0, 0.1) is 11.3 Å². The summed E-state index contributed by atoms with van der Waals surface area (Å²) >= 11 is 0. The van der Waals surface area contributed by atoms with Crippen LogP contribution in [-0.4, -0.2) is 32.2 Å². The lowest BCUT2D eigenvalue weighted by atomic mass is 9.92. The first-order chi connectivity index (χ1) is 11.9. The molecule has 1 unspecified atom stereocenters. The van der Waals surface area contributed by atoms with Crippen LogP contribution in [0.3, 0.4) is 0 Å². The van der Waals surface area contributed by atoms with Crippen LogP contribution in [-0.2, 0) is 4.79 Å². The Hall–Kier alpha value is -1.74. The second-order valence-electron chi connectivity index (χ2n) is 6.27. The van der Waals surface area contributed by atoms with Crippen LogP contribution in [0.5, 0.6) is 11.5 Å². The zero-order valence-corrected chi connectivity index (χ0v) is 14.5. The number of rotatable bonds is 6. The molecule has 3 rings (SSSR count). The molecule has 1 spiro atoms. The Kier molecular flexibility index (Phi) is 6.57. The van der Waals surface area contributed by atoms with Gasteiger partial charge in [-0.2, -0.15) is 17.6 Å². The summed E-state index contributed by atoms with van der Waals surface area (Å²) < 4.78 is 58.1. The first kappa shape index (κ1) is 20.6. The van der Waals surface area contributed by atoms with Gasteiger partial charge in [0.05, 0.1) is 5.69 Å². The van der Waals surface area contributed by atoms with Gasteiger partial charge in [0.25, 0.3) is 0 Å². The van der Waals surface area contributed by atoms with Crippen LogP contribution in [0.15, 0.2) is 18.2 Å². The van der Waals surface area contributed by atoms with Crippen molar-refractivity contribution in [3.8, 4) is 11.5 Å². The fraction of sp³-hybridized carbons (Fsp3) is 0.562. The molecular weight excluding hydrogens is 380 g/mol. The fourth-order valence-corrected chi connectivity index (χ4v) is 3.39. The van der Waals surface area contributed by atoms with E-state index in [4.69, 9.17) is 0 Å². The number of ether oxygens (including phenoxy) is 2. The summed E-state index contributed by atoms with van der Waals surface area (Å²) in [5.74, 6) is -1.19. The maximum absolute atomic E-state index is 12.6. The molecule has 2 fully saturated rings. The van der Waals surface area contributed by atoms with Crippen LogP contribution in [0.1, 0.15) is 19.3 Å². The van der Waals surface area contributed by atoms with E-state index in [9.17, 15) is 22.4 Å². The third-order valence-electron chi connectivity index (χ3n) is 4.76. The molecule has 1 atom stereocenters. The van der Waals surface area contributed by atoms with E-state index in [2.05, 4.69) is 20.1 Å². The van der Waals surface area contributed by atoms with Gasteiger partial charge in [-0.05, 0) is 49.9 Å². The van der Waals surface area contributed by atoms with E-state index in [-0.39, 0.29) is 41.1 Å². The summed E-state index contributed by atoms with van der Waals surface area (Å²) in [7, 11) is 0. The average molecular weight is 399 g/mol. The zero-order valence-electron chi connectivity index (χ0n) is 13.6. The highest BCUT2D eigenvalue weighted by molar-refractivity contribution is 5.96. The number of benzene rings is 1. The second-order valence-corrected chi connectivity index (χ2v) is 6.27. The maximum atomic E-state index is 12.6. The molecule has 0 bridgehead atoms. The van der Waals surface area contributed by atoms with Crippen molar-refractivity contribution >= 4 is 24.0 Å². The molecule has 0 aromatic heterocycles. The number of hydrogen-bond donors (Lipinski definition) is 2. The Labute approximate surface area is 153 Å². The summed E-state index contributed by atoms with van der Waals surface area (Å²) in [6, 6.07) is 3.28. The third-order valence-corrected chi connectivity index (χ3v) is 4.76. The van der Waals surface area contributed by atoms with Crippen molar-refractivity contribution in [2.24, 2.45) is 11.3 Å². The average Bonchev–Trinajstić information content (AvgIpc) is 3.22. The molecule has 1 aliphatic carbocycles. The minimum Gasteiger partial charge on any atom is -0.435 e. The van der Waals surface area contributed by atoms with Gasteiger partial charge in [0.15, 0.2) is 5.75 Å². The molecule has 1 saturated heterocycles. The Morgan fingerprint density at radius 2 is 1.81 bits per heavy atom. The SMILES string of the molecule is Cl.O=C(Nc1ccc(OC(F)F)cc1OC(F)F)C1CC12CCNCC2. The van der Waals surface area contributed by atoms with E-state index in [1.165, 1.54) is 6.07 Å². The predicted molar refractivity (Wildman–Crippen MR) is 88.2 cm³/mol. The van der Waals surface area contributed by atoms with Gasteiger partial charge in [-0.1, -0.05) is 0 Å². The molecule has 2 aliphatic rings. The minimum absolute atomic E-state index is 0. The molecule has 146 valence electrons. The van der Waals surface area contributed by atoms with Crippen molar-refractivity contribution in [2.75, 3.05) is 18.4 Å². The van der Waals surface area contributed by atoms with Crippen LogP contribution in [0.2, 0.25) is 0 Å². The van der Waals surface area contributed by atoms with Crippen molar-refractivity contribution < 1.29 is 31.8 Å². The lowest BCUT2D eigenvalue weighted by molar-refractivity contribution is -0.118. The van der Waals surface area contributed by atoms with E-state index in [1.54, 1.807) is 0 Å². The van der Waals surface area contributed by atoms with Crippen molar-refractivity contribution in [2.45, 2.75) is 32.5 Å². The largest absolute Gasteiger partial charge is 0.435 e. The molecule has 10 heteroatoms. The van der Waals surface area contributed by atoms with Crippen LogP contribution in [0.4, 0.5) is 23.2 Å². The molecule has 1 saturated carbocycles. The number of piperidine rings is 1. The van der Waals surface area contributed by atoms with E-state index in [0.29, 0.717) is 0 Å². The van der Waals surface area contributed by atoms with Gasteiger partial charge in [0.1, 0.15) is 5.75 Å². The zero-order chi connectivity index (χ0) is 18.0. The Bertz CT molecular complexity index is 642. The van der Waals surface area contributed by atoms with Crippen molar-refractivity contribution in [1.29, 1.82) is 0 Å². The molecule has 1 amide bonds. The third kappa shape index (κ3) is 4.70. The standard InChI is InChI=1S/C16H18F4N2O3.ClH/c17-14(18)24-9-1-2-11(12(7-9)25-15(19)20)22-13(23)10-8-16(10)3-5-21-6-4-16;/h1-2,7,10,14-15,21H,3-6,8H2,(H,22,23);1H. The fourth-order valence-electron chi connectivity index (χ4n) is 3.39. The van der Waals surface area contributed by atoms with Crippen LogP contribution < -0.4 is 20.1 Å². The molecule has 26 heavy (non-hydrogen) atoms. The van der Waals surface area contributed by atoms with E-state index >= 15 is 0 Å². The molecule has 1 aromatic rings. The quantitative estimate of drug-likeness (QED) is 0.718. The first-order valence-electron chi connectivity index (χ1n) is 7.95. The number of amides is 1. The van der Waals surface area contributed by atoms with Crippen molar-refractivity contribution in [1.82, 2.24) is 5.32 Å². The summed E-state index contributed by atoms with van der Waals surface area (Å²) in [5.41, 5.74) is -0.0134. The highest BCUT2D eigenvalue weighted by atomic mass is 35.5. The number of nitrogens with one attached hydrogen (secondary N) is 2. The highest BCUT2D eigenvalue weighted by Crippen LogP contribution is 2.59. The lowest BCUT2D eigenvalue weighted by Crippen LogP contribution is -2.31. The van der Waals surface area contributed by atoms with E-state index < -0.39 is 19.0 Å². The lowest BCUT2D eigenvalue weighted by Gasteiger charge is -2.23. The Balaban J connectivity index is 0.00000243. The molecule has 1 aromatic carbocycles. The molecule has 2 N–H and O–H groups in total. The number of hydrogen-bond acceptors (Lipinski definition) is 4. The Morgan fingerprint density at radius 1 is 1.15 bits per heavy atom. The summed E-state index contributed by atoms with van der Waals surface area (Å²) in [4.78, 5) is 12.4. The van der Waals surface area contributed by atoms with E-state index in [0.717, 1.165) is 44.5 Å². The molecule has 1 heterocycles. The number of carbonyl (C=O) groups excluding carboxylic acids is 1. The number of alkyl halides is 4. The molecule has 0 radical (unpaired) electrons. The van der Waals surface area contributed by atoms with Gasteiger partial charge in [-0.15, -0.1) is 12.4 Å². The number of carbonyl (C=O) groups is 1. The molecule has 1 aliphatic heterocycles. The predicted octanol–water partition coefficient (Wildman–Crippen LogP) is 3.64. The number of halogens is 5. The normalized spacial score (nSPS) is 20.6. The van der Waals surface area contributed by atoms with Gasteiger partial charge in [0.2, 0.25) is 5.91 Å². The van der Waals surface area contributed by atoms with E-state index in [1.807, 2.05) is 0 Å². The van der Waals surface area contributed by atoms with Crippen LogP contribution >= 0.6 is 12.4 Å². The van der Waals surface area contributed by atoms with Crippen molar-refractivity contribution in [3.63, 3.8) is 0 Å². The highest BCUT2D eigenvalue weighted by Gasteiger charge is 2.57. The second kappa shape index (κ2) is 8.30. The van der Waals surface area contributed by atoms with Crippen molar-refractivity contribution in [3.05, 3.63) is 18.2 Å². The van der Waals surface area contributed by atoms with Gasteiger partial charge in [0, 0.05) is 12.0 Å². The van der Waals surface area contributed by atoms with Gasteiger partial charge in [-0.3, -0.25) is 4.79 Å². The molecule has 5 nitrogen and oxygen atoms in total. The monoisotopic (exact) mass is 398 g/mol. The van der Waals surface area contributed by atoms with Gasteiger partial charge in [-0.25, -0.2) is 0 Å².